The van der Waals surface area contributed by atoms with Crippen molar-refractivity contribution in [2.45, 2.75) is 20.3 Å². The van der Waals surface area contributed by atoms with Crippen LogP contribution in [0.1, 0.15) is 30.6 Å². The van der Waals surface area contributed by atoms with Crippen LogP contribution in [-0.2, 0) is 9.59 Å². The molecule has 6 nitrogen and oxygen atoms in total. The Kier molecular flexibility index (Phi) is 7.20. The molecule has 0 saturated carbocycles. The Balaban J connectivity index is 1.84. The molecule has 0 aliphatic rings. The van der Waals surface area contributed by atoms with Gasteiger partial charge in [0.1, 0.15) is 11.6 Å². The number of rotatable bonds is 7. The summed E-state index contributed by atoms with van der Waals surface area (Å²) >= 11 is 0. The Labute approximate surface area is 161 Å². The Morgan fingerprint density at radius 2 is 1.46 bits per heavy atom. The number of carbonyl (C=O) groups is 3. The van der Waals surface area contributed by atoms with Gasteiger partial charge in [-0.1, -0.05) is 13.8 Å². The number of halogens is 2. The summed E-state index contributed by atoms with van der Waals surface area (Å²) in [6, 6.07) is 9.04. The highest BCUT2D eigenvalue weighted by Crippen LogP contribution is 2.14. The van der Waals surface area contributed by atoms with E-state index >= 15 is 0 Å². The first-order valence-corrected chi connectivity index (χ1v) is 8.67. The highest BCUT2D eigenvalue weighted by Gasteiger charge is 2.13. The fourth-order valence-corrected chi connectivity index (χ4v) is 2.35. The third kappa shape index (κ3) is 6.46. The van der Waals surface area contributed by atoms with Crippen molar-refractivity contribution < 1.29 is 23.2 Å². The number of anilines is 2. The lowest BCUT2D eigenvalue weighted by atomic mass is 10.1. The summed E-state index contributed by atoms with van der Waals surface area (Å²) in [5.74, 6) is -2.99. The van der Waals surface area contributed by atoms with Gasteiger partial charge in [-0.3, -0.25) is 14.4 Å². The van der Waals surface area contributed by atoms with Gasteiger partial charge in [-0.15, -0.1) is 0 Å². The van der Waals surface area contributed by atoms with E-state index in [0.717, 1.165) is 12.1 Å². The molecule has 0 heterocycles. The fraction of sp³-hybridized carbons (Fsp3) is 0.250. The first-order chi connectivity index (χ1) is 13.2. The molecule has 2 rings (SSSR count). The third-order valence-corrected chi connectivity index (χ3v) is 3.63. The van der Waals surface area contributed by atoms with Crippen molar-refractivity contribution in [2.24, 2.45) is 5.92 Å². The van der Waals surface area contributed by atoms with E-state index in [1.165, 1.54) is 0 Å². The van der Waals surface area contributed by atoms with Crippen molar-refractivity contribution in [3.8, 4) is 0 Å². The topological polar surface area (TPSA) is 87.3 Å². The van der Waals surface area contributed by atoms with Crippen molar-refractivity contribution in [3.63, 3.8) is 0 Å². The Morgan fingerprint density at radius 1 is 0.893 bits per heavy atom. The molecule has 0 bridgehead atoms. The Hall–Kier alpha value is -3.29. The molecule has 0 aliphatic carbocycles. The third-order valence-electron chi connectivity index (χ3n) is 3.63. The monoisotopic (exact) mass is 389 g/mol. The van der Waals surface area contributed by atoms with Crippen LogP contribution in [0.4, 0.5) is 20.2 Å². The summed E-state index contributed by atoms with van der Waals surface area (Å²) in [6.07, 6.45) is 0.410. The van der Waals surface area contributed by atoms with Crippen molar-refractivity contribution in [2.75, 3.05) is 17.2 Å². The first kappa shape index (κ1) is 21.0. The largest absolute Gasteiger partial charge is 0.343 e. The summed E-state index contributed by atoms with van der Waals surface area (Å²) < 4.78 is 26.4. The van der Waals surface area contributed by atoms with E-state index in [1.54, 1.807) is 24.3 Å². The molecule has 0 spiro atoms. The van der Waals surface area contributed by atoms with E-state index < -0.39 is 23.4 Å². The summed E-state index contributed by atoms with van der Waals surface area (Å²) in [4.78, 5) is 35.5. The predicted octanol–water partition coefficient (Wildman–Crippen LogP) is 3.32. The van der Waals surface area contributed by atoms with Crippen LogP contribution in [0.15, 0.2) is 42.5 Å². The molecule has 0 fully saturated rings. The number of benzene rings is 2. The summed E-state index contributed by atoms with van der Waals surface area (Å²) in [5.41, 5.74) is 0.716. The SMILES string of the molecule is CC(C)CC(=O)Nc1ccc(NC(=O)CNC(=O)c2ccc(F)cc2F)cc1. The number of hydrogen-bond acceptors (Lipinski definition) is 3. The highest BCUT2D eigenvalue weighted by atomic mass is 19.1. The van der Waals surface area contributed by atoms with Gasteiger partial charge in [0, 0.05) is 23.9 Å². The maximum atomic E-state index is 13.5. The van der Waals surface area contributed by atoms with Crippen LogP contribution in [0, 0.1) is 17.6 Å². The molecule has 8 heteroatoms. The van der Waals surface area contributed by atoms with E-state index in [9.17, 15) is 23.2 Å². The summed E-state index contributed by atoms with van der Waals surface area (Å²) in [5, 5.41) is 7.58. The first-order valence-electron chi connectivity index (χ1n) is 8.67. The Morgan fingerprint density at radius 3 is 2.00 bits per heavy atom. The van der Waals surface area contributed by atoms with Crippen LogP contribution in [0.25, 0.3) is 0 Å². The van der Waals surface area contributed by atoms with Crippen LogP contribution in [0.5, 0.6) is 0 Å². The van der Waals surface area contributed by atoms with Crippen LogP contribution >= 0.6 is 0 Å². The maximum Gasteiger partial charge on any atom is 0.254 e. The normalized spacial score (nSPS) is 10.5. The Bertz CT molecular complexity index is 867. The molecule has 148 valence electrons. The number of nitrogens with one attached hydrogen (secondary N) is 3. The second-order valence-corrected chi connectivity index (χ2v) is 6.58. The van der Waals surface area contributed by atoms with Crippen LogP contribution < -0.4 is 16.0 Å². The fourth-order valence-electron chi connectivity index (χ4n) is 2.35. The minimum Gasteiger partial charge on any atom is -0.343 e. The van der Waals surface area contributed by atoms with Crippen molar-refractivity contribution >= 4 is 29.1 Å². The van der Waals surface area contributed by atoms with Gasteiger partial charge >= 0.3 is 0 Å². The van der Waals surface area contributed by atoms with E-state index in [2.05, 4.69) is 16.0 Å². The molecule has 0 radical (unpaired) electrons. The molecule has 3 amide bonds. The van der Waals surface area contributed by atoms with Crippen molar-refractivity contribution in [1.82, 2.24) is 5.32 Å². The van der Waals surface area contributed by atoms with Crippen molar-refractivity contribution in [3.05, 3.63) is 59.7 Å². The molecule has 0 saturated heterocycles. The number of amides is 3. The molecule has 0 aliphatic heterocycles. The minimum atomic E-state index is -1.01. The zero-order chi connectivity index (χ0) is 20.7. The molecular weight excluding hydrogens is 368 g/mol. The molecule has 3 N–H and O–H groups in total. The lowest BCUT2D eigenvalue weighted by Crippen LogP contribution is -2.33. The van der Waals surface area contributed by atoms with Gasteiger partial charge in [0.25, 0.3) is 5.91 Å². The zero-order valence-electron chi connectivity index (χ0n) is 15.5. The molecule has 28 heavy (non-hydrogen) atoms. The highest BCUT2D eigenvalue weighted by molar-refractivity contribution is 5.99. The van der Waals surface area contributed by atoms with E-state index in [0.29, 0.717) is 23.9 Å². The van der Waals surface area contributed by atoms with Gasteiger partial charge in [-0.05, 0) is 42.3 Å². The van der Waals surface area contributed by atoms with Crippen LogP contribution in [0.3, 0.4) is 0 Å². The lowest BCUT2D eigenvalue weighted by molar-refractivity contribution is -0.117. The summed E-state index contributed by atoms with van der Waals surface area (Å²) in [7, 11) is 0. The average Bonchev–Trinajstić information content (AvgIpc) is 2.60. The molecule has 0 atom stereocenters. The van der Waals surface area contributed by atoms with E-state index in [1.807, 2.05) is 13.8 Å². The minimum absolute atomic E-state index is 0.0949. The molecule has 0 unspecified atom stereocenters. The molecule has 2 aromatic carbocycles. The second-order valence-electron chi connectivity index (χ2n) is 6.58. The summed E-state index contributed by atoms with van der Waals surface area (Å²) in [6.45, 7) is 3.51. The van der Waals surface area contributed by atoms with E-state index in [4.69, 9.17) is 0 Å². The molecule has 0 aromatic heterocycles. The average molecular weight is 389 g/mol. The lowest BCUT2D eigenvalue weighted by Gasteiger charge is -2.10. The molecular formula is C20H21F2N3O3. The maximum absolute atomic E-state index is 13.5. The van der Waals surface area contributed by atoms with Crippen LogP contribution in [-0.4, -0.2) is 24.3 Å². The number of hydrogen-bond donors (Lipinski definition) is 3. The zero-order valence-corrected chi connectivity index (χ0v) is 15.5. The predicted molar refractivity (Wildman–Crippen MR) is 102 cm³/mol. The van der Waals surface area contributed by atoms with Gasteiger partial charge in [0.15, 0.2) is 0 Å². The van der Waals surface area contributed by atoms with E-state index in [-0.39, 0.29) is 23.9 Å². The standard InChI is InChI=1S/C20H21F2N3O3/c1-12(2)9-18(26)24-14-4-6-15(7-5-14)25-19(27)11-23-20(28)16-8-3-13(21)10-17(16)22/h3-8,10,12H,9,11H2,1-2H3,(H,23,28)(H,24,26)(H,25,27). The number of carbonyl (C=O) groups excluding carboxylic acids is 3. The van der Waals surface area contributed by atoms with Gasteiger partial charge in [-0.25, -0.2) is 8.78 Å². The van der Waals surface area contributed by atoms with Gasteiger partial charge in [0.05, 0.1) is 12.1 Å². The quantitative estimate of drug-likeness (QED) is 0.679. The van der Waals surface area contributed by atoms with Gasteiger partial charge in [-0.2, -0.15) is 0 Å². The molecule has 2 aromatic rings. The second kappa shape index (κ2) is 9.59. The smallest absolute Gasteiger partial charge is 0.254 e. The van der Waals surface area contributed by atoms with Gasteiger partial charge in [0.2, 0.25) is 11.8 Å². The van der Waals surface area contributed by atoms with Gasteiger partial charge < -0.3 is 16.0 Å². The van der Waals surface area contributed by atoms with Crippen molar-refractivity contribution in [1.29, 1.82) is 0 Å². The van der Waals surface area contributed by atoms with Crippen LogP contribution in [0.2, 0.25) is 0 Å².